The second-order valence-electron chi connectivity index (χ2n) is 9.43. The zero-order valence-electron chi connectivity index (χ0n) is 22.2. The van der Waals surface area contributed by atoms with E-state index in [0.29, 0.717) is 6.42 Å². The van der Waals surface area contributed by atoms with Gasteiger partial charge in [0.15, 0.2) is 29.9 Å². The molecule has 4 heterocycles. The first-order valence-corrected chi connectivity index (χ1v) is 15.6. The van der Waals surface area contributed by atoms with E-state index in [9.17, 15) is 21.4 Å². The van der Waals surface area contributed by atoms with E-state index in [1.165, 1.54) is 18.9 Å². The highest BCUT2D eigenvalue weighted by Gasteiger charge is 2.38. The number of methoxy groups -OCH3 is 2. The highest BCUT2D eigenvalue weighted by atomic mass is 32.2. The molecule has 15 heteroatoms. The largest absolute Gasteiger partial charge is 0.371 e. The average Bonchev–Trinajstić information content (AvgIpc) is 3.73. The summed E-state index contributed by atoms with van der Waals surface area (Å²) >= 11 is 0. The second-order valence-corrected chi connectivity index (χ2v) is 12.5. The Kier molecular flexibility index (Phi) is 8.68. The number of alkyl halides is 2. The van der Waals surface area contributed by atoms with Crippen LogP contribution in [0.3, 0.4) is 0 Å². The van der Waals surface area contributed by atoms with Crippen LogP contribution < -0.4 is 0 Å². The number of aromatic nitrogens is 6. The van der Waals surface area contributed by atoms with Crippen molar-refractivity contribution in [2.24, 2.45) is 0 Å². The lowest BCUT2D eigenvalue weighted by molar-refractivity contribution is 0.249. The van der Waals surface area contributed by atoms with E-state index in [1.807, 2.05) is 60.7 Å². The third kappa shape index (κ3) is 5.98. The molecule has 0 bridgehead atoms. The Morgan fingerprint density at radius 3 is 1.85 bits per heavy atom. The lowest BCUT2D eigenvalue weighted by Crippen LogP contribution is -2.13. The summed E-state index contributed by atoms with van der Waals surface area (Å²) in [5, 5.41) is 7.93. The predicted octanol–water partition coefficient (Wildman–Crippen LogP) is 3.65. The normalized spacial score (nSPS) is 22.0. The second kappa shape index (κ2) is 12.2. The van der Waals surface area contributed by atoms with Gasteiger partial charge < -0.3 is 9.47 Å². The number of nitrogens with zero attached hydrogens (tertiary/aromatic N) is 6. The zero-order chi connectivity index (χ0) is 29.1. The maximum atomic E-state index is 14.1. The maximum absolute atomic E-state index is 14.1. The molecule has 41 heavy (non-hydrogen) atoms. The molecule has 0 spiro atoms. The summed E-state index contributed by atoms with van der Waals surface area (Å²) in [6.07, 6.45) is -1.98. The van der Waals surface area contributed by atoms with Gasteiger partial charge in [0.2, 0.25) is 15.0 Å². The fourth-order valence-corrected chi connectivity index (χ4v) is 6.37. The highest BCUT2D eigenvalue weighted by molar-refractivity contribution is 7.91. The molecule has 5 atom stereocenters. The van der Waals surface area contributed by atoms with Crippen LogP contribution in [0.4, 0.5) is 8.78 Å². The molecule has 0 amide bonds. The molecular weight excluding hydrogens is 578 g/mol. The summed E-state index contributed by atoms with van der Waals surface area (Å²) in [6.45, 7) is 0. The zero-order valence-corrected chi connectivity index (χ0v) is 23.8. The van der Waals surface area contributed by atoms with Crippen LogP contribution in [0.5, 0.6) is 0 Å². The molecule has 2 aliphatic rings. The molecule has 2 aromatic carbocycles. The summed E-state index contributed by atoms with van der Waals surface area (Å²) in [5.41, 5.74) is 1.85. The van der Waals surface area contributed by atoms with Gasteiger partial charge in [0.05, 0.1) is 12.1 Å². The van der Waals surface area contributed by atoms with Crippen LogP contribution in [0.25, 0.3) is 0 Å². The molecule has 2 aromatic heterocycles. The molecule has 6 rings (SSSR count). The minimum atomic E-state index is -3.75. The SMILES string of the molecule is COCS(=O)(=O)c1nc2n(n1)[C@H](c1ccccc1)C[C@@H]2F.COCS(=O)c1nc2n(n1)[C@H](c1ccccc1)C[C@@H]2F. The van der Waals surface area contributed by atoms with Gasteiger partial charge in [-0.25, -0.2) is 35.8 Å². The van der Waals surface area contributed by atoms with Crippen LogP contribution in [-0.2, 0) is 30.1 Å². The van der Waals surface area contributed by atoms with E-state index in [0.717, 1.165) is 11.1 Å². The lowest BCUT2D eigenvalue weighted by Gasteiger charge is -2.11. The van der Waals surface area contributed by atoms with Crippen molar-refractivity contribution in [2.75, 3.05) is 26.1 Å². The monoisotopic (exact) mass is 606 g/mol. The average molecular weight is 607 g/mol. The Balaban J connectivity index is 0.000000165. The number of benzene rings is 2. The van der Waals surface area contributed by atoms with E-state index in [-0.39, 0.29) is 46.4 Å². The minimum Gasteiger partial charge on any atom is -0.371 e. The molecule has 2 aliphatic heterocycles. The number of ether oxygens (including phenoxy) is 2. The van der Waals surface area contributed by atoms with Crippen molar-refractivity contribution in [1.29, 1.82) is 0 Å². The number of hydrogen-bond donors (Lipinski definition) is 0. The van der Waals surface area contributed by atoms with Gasteiger partial charge in [-0.2, -0.15) is 4.98 Å². The van der Waals surface area contributed by atoms with Gasteiger partial charge in [-0.1, -0.05) is 60.7 Å². The van der Waals surface area contributed by atoms with Gasteiger partial charge in [-0.15, -0.1) is 10.2 Å². The molecule has 0 saturated heterocycles. The van der Waals surface area contributed by atoms with E-state index in [2.05, 4.69) is 24.9 Å². The standard InChI is InChI=1S/C13H14FN3O3S.C13H14FN3O2S/c1-20-8-21(18,19)13-15-12-10(14)7-11(17(12)16-13)9-5-3-2-4-6-9;1-19-8-20(18)13-15-12-10(14)7-11(17(12)16-13)9-5-3-2-4-6-9/h2-6,10-11H,7-8H2,1H3;2-6,10-11H,7-8H2,1H3/t10-,11-;10-,11-,20?/m00/s1. The van der Waals surface area contributed by atoms with Crippen LogP contribution in [0.15, 0.2) is 71.0 Å². The number of fused-ring (bicyclic) bond motifs is 2. The topological polar surface area (TPSA) is 131 Å². The van der Waals surface area contributed by atoms with E-state index < -0.39 is 38.9 Å². The van der Waals surface area contributed by atoms with Gasteiger partial charge in [0.25, 0.3) is 5.16 Å². The van der Waals surface area contributed by atoms with Crippen LogP contribution >= 0.6 is 0 Å². The minimum absolute atomic E-state index is 0.0103. The van der Waals surface area contributed by atoms with Crippen LogP contribution in [0.2, 0.25) is 0 Å². The smallest absolute Gasteiger partial charge is 0.269 e. The molecule has 0 N–H and O–H groups in total. The molecular formula is C26H28F2N6O5S2. The Labute approximate surface area is 237 Å². The van der Waals surface area contributed by atoms with Gasteiger partial charge in [-0.05, 0) is 11.1 Å². The van der Waals surface area contributed by atoms with Crippen LogP contribution in [-0.4, -0.2) is 68.3 Å². The summed E-state index contributed by atoms with van der Waals surface area (Å²) in [7, 11) is -2.49. The predicted molar refractivity (Wildman–Crippen MR) is 143 cm³/mol. The number of sulfone groups is 1. The Morgan fingerprint density at radius 2 is 1.34 bits per heavy atom. The number of halogens is 2. The summed E-state index contributed by atoms with van der Waals surface area (Å²) in [6, 6.07) is 18.3. The molecule has 1 unspecified atom stereocenters. The van der Waals surface area contributed by atoms with Crippen molar-refractivity contribution in [1.82, 2.24) is 29.5 Å². The van der Waals surface area contributed by atoms with E-state index >= 15 is 0 Å². The van der Waals surface area contributed by atoms with Crippen molar-refractivity contribution < 1.29 is 30.9 Å². The summed E-state index contributed by atoms with van der Waals surface area (Å²) in [4.78, 5) is 7.91. The first-order valence-electron chi connectivity index (χ1n) is 12.6. The third-order valence-corrected chi connectivity index (χ3v) is 8.94. The first-order chi connectivity index (χ1) is 19.7. The lowest BCUT2D eigenvalue weighted by atomic mass is 10.0. The number of rotatable bonds is 8. The Hall–Kier alpha value is -3.40. The molecule has 0 aliphatic carbocycles. The van der Waals surface area contributed by atoms with Gasteiger partial charge in [-0.3, -0.25) is 0 Å². The fourth-order valence-electron chi connectivity index (χ4n) is 4.82. The van der Waals surface area contributed by atoms with Gasteiger partial charge in [0.1, 0.15) is 16.7 Å². The molecule has 218 valence electrons. The van der Waals surface area contributed by atoms with Crippen molar-refractivity contribution in [3.8, 4) is 0 Å². The fraction of sp³-hybridized carbons (Fsp3) is 0.385. The molecule has 0 saturated carbocycles. The third-order valence-electron chi connectivity index (χ3n) is 6.64. The van der Waals surface area contributed by atoms with Crippen molar-refractivity contribution in [3.05, 3.63) is 83.4 Å². The molecule has 0 radical (unpaired) electrons. The summed E-state index contributed by atoms with van der Waals surface area (Å²) in [5.74, 6) is -0.211. The van der Waals surface area contributed by atoms with Crippen LogP contribution in [0, 0.1) is 0 Å². The molecule has 0 fully saturated rings. The Morgan fingerprint density at radius 1 is 0.829 bits per heavy atom. The van der Waals surface area contributed by atoms with Gasteiger partial charge >= 0.3 is 0 Å². The van der Waals surface area contributed by atoms with Gasteiger partial charge in [0, 0.05) is 27.1 Å². The van der Waals surface area contributed by atoms with Crippen molar-refractivity contribution in [3.63, 3.8) is 0 Å². The van der Waals surface area contributed by atoms with E-state index in [1.54, 1.807) is 4.68 Å². The number of hydrogen-bond acceptors (Lipinski definition) is 9. The molecule has 4 aromatic rings. The van der Waals surface area contributed by atoms with Crippen molar-refractivity contribution >= 4 is 20.6 Å². The molecule has 11 nitrogen and oxygen atoms in total. The maximum Gasteiger partial charge on any atom is 0.269 e. The highest BCUT2D eigenvalue weighted by Crippen LogP contribution is 2.40. The quantitative estimate of drug-likeness (QED) is 0.295. The first kappa shape index (κ1) is 29.1. The summed E-state index contributed by atoms with van der Waals surface area (Å²) < 4.78 is 76.1. The van der Waals surface area contributed by atoms with E-state index in [4.69, 9.17) is 4.74 Å². The van der Waals surface area contributed by atoms with Crippen molar-refractivity contribution in [2.45, 2.75) is 47.6 Å². The van der Waals surface area contributed by atoms with Crippen LogP contribution in [0.1, 0.15) is 60.0 Å². The Bertz CT molecular complexity index is 1620.